The maximum atomic E-state index is 10.7. The Kier molecular flexibility index (Phi) is 4.89. The normalized spacial score (nSPS) is 25.4. The number of phenolic OH excluding ortho intramolecular Hbond substituents is 2. The molecule has 2 saturated carbocycles. The molecule has 4 nitrogen and oxygen atoms in total. The van der Waals surface area contributed by atoms with E-state index in [1.165, 1.54) is 60.8 Å². The number of benzene rings is 3. The molecule has 182 valence electrons. The Morgan fingerprint density at radius 1 is 0.583 bits per heavy atom. The van der Waals surface area contributed by atoms with Crippen LogP contribution in [0.25, 0.3) is 0 Å². The number of hydrogen-bond acceptors (Lipinski definition) is 4. The Labute approximate surface area is 212 Å². The highest BCUT2D eigenvalue weighted by atomic mass is 16.3. The van der Waals surface area contributed by atoms with Crippen molar-refractivity contribution < 1.29 is 10.2 Å². The lowest BCUT2D eigenvalue weighted by atomic mass is 9.90. The van der Waals surface area contributed by atoms with Crippen LogP contribution >= 0.6 is 0 Å². The van der Waals surface area contributed by atoms with Gasteiger partial charge in [0, 0.05) is 23.6 Å². The fourth-order valence-electron chi connectivity index (χ4n) is 7.26. The van der Waals surface area contributed by atoms with Gasteiger partial charge in [0.1, 0.15) is 11.5 Å². The molecular weight excluding hydrogens is 444 g/mol. The maximum Gasteiger partial charge on any atom is 0.124 e. The van der Waals surface area contributed by atoms with Crippen molar-refractivity contribution in [2.45, 2.75) is 76.0 Å². The Morgan fingerprint density at radius 3 is 1.33 bits per heavy atom. The van der Waals surface area contributed by atoms with Crippen LogP contribution in [0.2, 0.25) is 0 Å². The van der Waals surface area contributed by atoms with Crippen LogP contribution in [0.1, 0.15) is 107 Å². The predicted molar refractivity (Wildman–Crippen MR) is 145 cm³/mol. The van der Waals surface area contributed by atoms with Gasteiger partial charge in [0.2, 0.25) is 0 Å². The van der Waals surface area contributed by atoms with Crippen LogP contribution < -0.4 is 0 Å². The molecule has 4 heteroatoms. The lowest BCUT2D eigenvalue weighted by Gasteiger charge is -2.16. The van der Waals surface area contributed by atoms with E-state index in [1.807, 2.05) is 24.3 Å². The Morgan fingerprint density at radius 2 is 0.944 bits per heavy atom. The number of hydrogen-bond donors (Lipinski definition) is 2. The van der Waals surface area contributed by atoms with Gasteiger partial charge in [-0.05, 0) is 146 Å². The molecule has 0 radical (unpaired) electrons. The molecule has 0 heterocycles. The summed E-state index contributed by atoms with van der Waals surface area (Å²) in [6.07, 6.45) is 11.0. The van der Waals surface area contributed by atoms with Crippen molar-refractivity contribution in [2.75, 3.05) is 0 Å². The molecule has 4 atom stereocenters. The fourth-order valence-corrected chi connectivity index (χ4v) is 7.26. The van der Waals surface area contributed by atoms with Gasteiger partial charge >= 0.3 is 0 Å². The third-order valence-electron chi connectivity index (χ3n) is 9.37. The number of nitrogens with zero attached hydrogens (tertiary/aromatic N) is 2. The van der Waals surface area contributed by atoms with Gasteiger partial charge in [-0.15, -0.1) is 0 Å². The molecule has 3 aromatic carbocycles. The number of aliphatic imine (C=N–C) groups is 2. The van der Waals surface area contributed by atoms with E-state index in [2.05, 4.69) is 26.0 Å². The van der Waals surface area contributed by atoms with Gasteiger partial charge in [-0.2, -0.15) is 0 Å². The third-order valence-corrected chi connectivity index (χ3v) is 9.37. The minimum Gasteiger partial charge on any atom is -0.507 e. The molecule has 0 saturated heterocycles. The SMILES string of the molecule is Cc1cc(N=Cc2cc3c(cc2O)C2CCC3C2)c(N=Cc2cc3c(cc2O)C2CCC3C2)cc1C. The second kappa shape index (κ2) is 8.06. The van der Waals surface area contributed by atoms with Crippen molar-refractivity contribution in [3.8, 4) is 11.5 Å². The van der Waals surface area contributed by atoms with E-state index in [0.717, 1.165) is 33.6 Å². The zero-order chi connectivity index (χ0) is 24.6. The summed E-state index contributed by atoms with van der Waals surface area (Å²) in [7, 11) is 0. The molecule has 4 aliphatic rings. The highest BCUT2D eigenvalue weighted by Crippen LogP contribution is 2.55. The summed E-state index contributed by atoms with van der Waals surface area (Å²) in [5.74, 6) is 3.11. The lowest BCUT2D eigenvalue weighted by Crippen LogP contribution is -1.99. The molecule has 4 bridgehead atoms. The van der Waals surface area contributed by atoms with Crippen LogP contribution in [0.15, 0.2) is 46.4 Å². The van der Waals surface area contributed by atoms with Crippen LogP contribution in [0, 0.1) is 13.8 Å². The monoisotopic (exact) mass is 476 g/mol. The van der Waals surface area contributed by atoms with E-state index in [-0.39, 0.29) is 0 Å². The molecule has 0 amide bonds. The minimum atomic E-state index is 0.302. The zero-order valence-corrected chi connectivity index (χ0v) is 21.0. The van der Waals surface area contributed by atoms with Gasteiger partial charge in [0.05, 0.1) is 11.4 Å². The topological polar surface area (TPSA) is 65.2 Å². The molecule has 3 aromatic rings. The van der Waals surface area contributed by atoms with E-state index >= 15 is 0 Å². The quantitative estimate of drug-likeness (QED) is 0.375. The molecule has 36 heavy (non-hydrogen) atoms. The average molecular weight is 477 g/mol. The molecule has 0 aromatic heterocycles. The standard InChI is InChI=1S/C32H32N2O2/c1-17-7-29(33-15-23-11-25-19-3-5-21(9-19)27(25)13-31(23)35)30(8-18(17)2)34-16-24-12-26-20-4-6-22(10-20)28(26)14-32(24)36/h7-8,11-16,19-22,35-36H,3-6,9-10H2,1-2H3. The largest absolute Gasteiger partial charge is 0.507 e. The lowest BCUT2D eigenvalue weighted by molar-refractivity contribution is 0.472. The van der Waals surface area contributed by atoms with E-state index in [9.17, 15) is 10.2 Å². The summed E-state index contributed by atoms with van der Waals surface area (Å²) in [4.78, 5) is 9.58. The van der Waals surface area contributed by atoms with Crippen molar-refractivity contribution in [1.29, 1.82) is 0 Å². The summed E-state index contributed by atoms with van der Waals surface area (Å²) in [5, 5.41) is 21.4. The zero-order valence-electron chi connectivity index (χ0n) is 21.0. The molecule has 2 fully saturated rings. The van der Waals surface area contributed by atoms with Crippen molar-refractivity contribution >= 4 is 23.8 Å². The molecule has 2 N–H and O–H groups in total. The van der Waals surface area contributed by atoms with E-state index in [0.29, 0.717) is 35.2 Å². The number of fused-ring (bicyclic) bond motifs is 10. The first-order chi connectivity index (χ1) is 17.4. The van der Waals surface area contributed by atoms with Gasteiger partial charge < -0.3 is 10.2 Å². The highest BCUT2D eigenvalue weighted by molar-refractivity contribution is 5.90. The Hall–Kier alpha value is -3.40. The summed E-state index contributed by atoms with van der Waals surface area (Å²) in [6, 6.07) is 12.3. The van der Waals surface area contributed by atoms with E-state index in [1.54, 1.807) is 12.4 Å². The predicted octanol–water partition coefficient (Wildman–Crippen LogP) is 7.95. The first kappa shape index (κ1) is 21.8. The van der Waals surface area contributed by atoms with Crippen molar-refractivity contribution in [3.63, 3.8) is 0 Å². The first-order valence-electron chi connectivity index (χ1n) is 13.4. The van der Waals surface area contributed by atoms with Crippen LogP contribution in [0.5, 0.6) is 11.5 Å². The van der Waals surface area contributed by atoms with Crippen LogP contribution in [0.3, 0.4) is 0 Å². The summed E-state index contributed by atoms with van der Waals surface area (Å²) >= 11 is 0. The summed E-state index contributed by atoms with van der Waals surface area (Å²) < 4.78 is 0. The average Bonchev–Trinajstić information content (AvgIpc) is 3.65. The second-order valence-corrected chi connectivity index (χ2v) is 11.4. The number of aryl methyl sites for hydroxylation is 2. The Balaban J connectivity index is 1.22. The molecule has 4 aliphatic carbocycles. The molecule has 4 unspecified atom stereocenters. The molecular formula is C32H32N2O2. The van der Waals surface area contributed by atoms with Gasteiger partial charge in [-0.3, -0.25) is 9.98 Å². The van der Waals surface area contributed by atoms with Crippen molar-refractivity contribution in [1.82, 2.24) is 0 Å². The molecule has 0 aliphatic heterocycles. The fraction of sp³-hybridized carbons (Fsp3) is 0.375. The Bertz CT molecular complexity index is 1360. The summed E-state index contributed by atoms with van der Waals surface area (Å²) in [6.45, 7) is 4.15. The smallest absolute Gasteiger partial charge is 0.124 e. The van der Waals surface area contributed by atoms with E-state index < -0.39 is 0 Å². The van der Waals surface area contributed by atoms with Crippen molar-refractivity contribution in [2.24, 2.45) is 9.98 Å². The number of phenols is 2. The minimum absolute atomic E-state index is 0.302. The highest BCUT2D eigenvalue weighted by Gasteiger charge is 2.38. The number of rotatable bonds is 4. The van der Waals surface area contributed by atoms with Crippen LogP contribution in [-0.4, -0.2) is 22.6 Å². The number of aromatic hydroxyl groups is 2. The van der Waals surface area contributed by atoms with Gasteiger partial charge in [0.25, 0.3) is 0 Å². The van der Waals surface area contributed by atoms with Gasteiger partial charge in [-0.25, -0.2) is 0 Å². The maximum absolute atomic E-state index is 10.7. The van der Waals surface area contributed by atoms with Crippen LogP contribution in [0.4, 0.5) is 11.4 Å². The third kappa shape index (κ3) is 3.42. The van der Waals surface area contributed by atoms with Crippen molar-refractivity contribution in [3.05, 3.63) is 80.9 Å². The van der Waals surface area contributed by atoms with Gasteiger partial charge in [0.15, 0.2) is 0 Å². The summed E-state index contributed by atoms with van der Waals surface area (Å²) in [5.41, 5.74) is 10.8. The molecule has 7 rings (SSSR count). The first-order valence-corrected chi connectivity index (χ1v) is 13.4. The van der Waals surface area contributed by atoms with E-state index in [4.69, 9.17) is 9.98 Å². The van der Waals surface area contributed by atoms with Crippen LogP contribution in [-0.2, 0) is 0 Å². The van der Waals surface area contributed by atoms with Gasteiger partial charge in [-0.1, -0.05) is 0 Å². The second-order valence-electron chi connectivity index (χ2n) is 11.4. The molecule has 0 spiro atoms.